The zero-order valence-electron chi connectivity index (χ0n) is 7.88. The summed E-state index contributed by atoms with van der Waals surface area (Å²) in [5, 5.41) is 1.73. The summed E-state index contributed by atoms with van der Waals surface area (Å²) < 4.78 is 0. The molecule has 12 heavy (non-hydrogen) atoms. The Morgan fingerprint density at radius 3 is 2.67 bits per heavy atom. The molecule has 1 heterocycles. The number of carbonyl (C=O) groups is 1. The zero-order valence-corrected chi connectivity index (χ0v) is 7.88. The van der Waals surface area contributed by atoms with Crippen molar-refractivity contribution in [2.24, 2.45) is 5.92 Å². The van der Waals surface area contributed by atoms with Crippen molar-refractivity contribution in [3.63, 3.8) is 0 Å². The Bertz CT molecular complexity index is 146. The predicted octanol–water partition coefficient (Wildman–Crippen LogP) is 1.59. The molecule has 0 spiro atoms. The van der Waals surface area contributed by atoms with E-state index in [1.54, 1.807) is 5.06 Å². The monoisotopic (exact) mass is 171 g/mol. The van der Waals surface area contributed by atoms with Crippen molar-refractivity contribution in [2.45, 2.75) is 33.1 Å². The Labute approximate surface area is 73.6 Å². The molecule has 1 aliphatic rings. The highest BCUT2D eigenvalue weighted by Gasteiger charge is 2.19. The summed E-state index contributed by atoms with van der Waals surface area (Å²) in [6.45, 7) is 5.97. The number of hydroxylamine groups is 2. The summed E-state index contributed by atoms with van der Waals surface area (Å²) in [5.74, 6) is 0.364. The number of carbonyl (C=O) groups excluding carboxylic acids is 1. The van der Waals surface area contributed by atoms with Gasteiger partial charge < -0.3 is 4.84 Å². The summed E-state index contributed by atoms with van der Waals surface area (Å²) in [7, 11) is 0. The average molecular weight is 171 g/mol. The van der Waals surface area contributed by atoms with Crippen molar-refractivity contribution in [1.29, 1.82) is 0 Å². The largest absolute Gasteiger partial charge is 0.368 e. The molecule has 3 heteroatoms. The Balaban J connectivity index is 2.10. The van der Waals surface area contributed by atoms with Crippen LogP contribution in [0.2, 0.25) is 0 Å². The van der Waals surface area contributed by atoms with Crippen LogP contribution in [0.15, 0.2) is 0 Å². The van der Waals surface area contributed by atoms with Crippen LogP contribution in [0.1, 0.15) is 33.1 Å². The molecule has 0 aliphatic carbocycles. The number of hydrogen-bond acceptors (Lipinski definition) is 3. The average Bonchev–Trinajstić information content (AvgIpc) is 1.97. The molecule has 1 rings (SSSR count). The van der Waals surface area contributed by atoms with E-state index in [1.165, 1.54) is 0 Å². The minimum atomic E-state index is -0.0796. The summed E-state index contributed by atoms with van der Waals surface area (Å²) in [5.41, 5.74) is 0. The van der Waals surface area contributed by atoms with Crippen LogP contribution >= 0.6 is 0 Å². The highest BCUT2D eigenvalue weighted by atomic mass is 16.7. The molecule has 70 valence electrons. The van der Waals surface area contributed by atoms with Gasteiger partial charge in [0.15, 0.2) is 0 Å². The lowest BCUT2D eigenvalue weighted by Crippen LogP contribution is -2.39. The lowest BCUT2D eigenvalue weighted by Gasteiger charge is -2.28. The molecule has 0 aromatic heterocycles. The topological polar surface area (TPSA) is 29.5 Å². The van der Waals surface area contributed by atoms with Gasteiger partial charge in [-0.15, -0.1) is 5.06 Å². The van der Waals surface area contributed by atoms with E-state index in [9.17, 15) is 4.79 Å². The van der Waals surface area contributed by atoms with Gasteiger partial charge in [0.05, 0.1) is 0 Å². The van der Waals surface area contributed by atoms with Gasteiger partial charge in [-0.05, 0) is 12.3 Å². The van der Waals surface area contributed by atoms with Crippen molar-refractivity contribution < 1.29 is 9.63 Å². The lowest BCUT2D eigenvalue weighted by molar-refractivity contribution is -0.208. The molecule has 1 aliphatic heterocycles. The van der Waals surface area contributed by atoms with E-state index in [-0.39, 0.29) is 5.97 Å². The Hall–Kier alpha value is -0.570. The van der Waals surface area contributed by atoms with Crippen LogP contribution in [0.5, 0.6) is 0 Å². The summed E-state index contributed by atoms with van der Waals surface area (Å²) in [6.07, 6.45) is 2.73. The van der Waals surface area contributed by atoms with E-state index in [4.69, 9.17) is 4.84 Å². The molecule has 0 N–H and O–H groups in total. The van der Waals surface area contributed by atoms with Crippen LogP contribution in [-0.4, -0.2) is 24.1 Å². The molecular formula is C9H17NO2. The van der Waals surface area contributed by atoms with Crippen molar-refractivity contribution in [3.8, 4) is 0 Å². The van der Waals surface area contributed by atoms with E-state index in [0.717, 1.165) is 25.9 Å². The zero-order chi connectivity index (χ0) is 8.97. The molecule has 0 radical (unpaired) electrons. The maximum atomic E-state index is 11.2. The molecule has 0 bridgehead atoms. The Morgan fingerprint density at radius 1 is 1.58 bits per heavy atom. The number of hydrogen-bond donors (Lipinski definition) is 0. The maximum Gasteiger partial charge on any atom is 0.325 e. The van der Waals surface area contributed by atoms with Gasteiger partial charge in [0, 0.05) is 19.5 Å². The van der Waals surface area contributed by atoms with Crippen LogP contribution in [-0.2, 0) is 9.63 Å². The third-order valence-corrected chi connectivity index (χ3v) is 2.26. The number of rotatable bonds is 4. The van der Waals surface area contributed by atoms with Gasteiger partial charge in [-0.3, -0.25) is 4.79 Å². The smallest absolute Gasteiger partial charge is 0.325 e. The minimum absolute atomic E-state index is 0.0796. The third-order valence-electron chi connectivity index (χ3n) is 2.26. The van der Waals surface area contributed by atoms with E-state index in [1.807, 2.05) is 0 Å². The van der Waals surface area contributed by atoms with Crippen LogP contribution in [0.3, 0.4) is 0 Å². The summed E-state index contributed by atoms with van der Waals surface area (Å²) >= 11 is 0. The van der Waals surface area contributed by atoms with Crippen LogP contribution < -0.4 is 0 Å². The second-order valence-electron chi connectivity index (χ2n) is 3.46. The molecule has 1 unspecified atom stereocenters. The molecular weight excluding hydrogens is 154 g/mol. The molecule has 1 atom stereocenters. The first-order valence-corrected chi connectivity index (χ1v) is 4.68. The van der Waals surface area contributed by atoms with Gasteiger partial charge in [0.2, 0.25) is 0 Å². The highest BCUT2D eigenvalue weighted by Crippen LogP contribution is 2.11. The second-order valence-corrected chi connectivity index (χ2v) is 3.46. The first kappa shape index (κ1) is 9.52. The maximum absolute atomic E-state index is 11.2. The SMILES string of the molecule is CCC(C)CC(=O)ON1CCC1. The molecule has 1 saturated heterocycles. The summed E-state index contributed by atoms with van der Waals surface area (Å²) in [6, 6.07) is 0. The molecule has 0 amide bonds. The lowest BCUT2D eigenvalue weighted by atomic mass is 10.1. The highest BCUT2D eigenvalue weighted by molar-refractivity contribution is 5.69. The van der Waals surface area contributed by atoms with Gasteiger partial charge in [-0.2, -0.15) is 0 Å². The summed E-state index contributed by atoms with van der Waals surface area (Å²) in [4.78, 5) is 16.2. The van der Waals surface area contributed by atoms with Crippen molar-refractivity contribution in [2.75, 3.05) is 13.1 Å². The van der Waals surface area contributed by atoms with E-state index >= 15 is 0 Å². The molecule has 1 fully saturated rings. The van der Waals surface area contributed by atoms with Crippen molar-refractivity contribution in [3.05, 3.63) is 0 Å². The number of nitrogens with zero attached hydrogens (tertiary/aromatic N) is 1. The van der Waals surface area contributed by atoms with Crippen molar-refractivity contribution in [1.82, 2.24) is 5.06 Å². The van der Waals surface area contributed by atoms with E-state index in [0.29, 0.717) is 12.3 Å². The quantitative estimate of drug-likeness (QED) is 0.643. The first-order valence-electron chi connectivity index (χ1n) is 4.68. The third kappa shape index (κ3) is 2.81. The van der Waals surface area contributed by atoms with Gasteiger partial charge in [0.1, 0.15) is 0 Å². The molecule has 0 aromatic rings. The fourth-order valence-electron chi connectivity index (χ4n) is 0.989. The first-order chi connectivity index (χ1) is 5.72. The van der Waals surface area contributed by atoms with Gasteiger partial charge in [0.25, 0.3) is 0 Å². The molecule has 0 aromatic carbocycles. The van der Waals surface area contributed by atoms with Crippen LogP contribution in [0.4, 0.5) is 0 Å². The van der Waals surface area contributed by atoms with Crippen LogP contribution in [0.25, 0.3) is 0 Å². The molecule has 0 saturated carbocycles. The molecule has 3 nitrogen and oxygen atoms in total. The normalized spacial score (nSPS) is 19.8. The standard InChI is InChI=1S/C9H17NO2/c1-3-8(2)7-9(11)12-10-5-4-6-10/h8H,3-7H2,1-2H3. The predicted molar refractivity (Wildman–Crippen MR) is 46.4 cm³/mol. The van der Waals surface area contributed by atoms with Gasteiger partial charge in [-0.25, -0.2) is 0 Å². The van der Waals surface area contributed by atoms with Gasteiger partial charge in [-0.1, -0.05) is 20.3 Å². The van der Waals surface area contributed by atoms with Crippen LogP contribution in [0, 0.1) is 5.92 Å². The second kappa shape index (κ2) is 4.45. The Kier molecular flexibility index (Phi) is 3.53. The van der Waals surface area contributed by atoms with Gasteiger partial charge >= 0.3 is 5.97 Å². The minimum Gasteiger partial charge on any atom is -0.368 e. The Morgan fingerprint density at radius 2 is 2.25 bits per heavy atom. The van der Waals surface area contributed by atoms with E-state index in [2.05, 4.69) is 13.8 Å². The fourth-order valence-corrected chi connectivity index (χ4v) is 0.989. The van der Waals surface area contributed by atoms with Crippen molar-refractivity contribution >= 4 is 5.97 Å². The fraction of sp³-hybridized carbons (Fsp3) is 0.889. The van der Waals surface area contributed by atoms with E-state index < -0.39 is 0 Å².